The topological polar surface area (TPSA) is 142 Å². The Balaban J connectivity index is 2.62. The molecule has 0 bridgehead atoms. The lowest BCUT2D eigenvalue weighted by molar-refractivity contribution is 0.0651. The zero-order valence-corrected chi connectivity index (χ0v) is 9.94. The van der Waals surface area contributed by atoms with Crippen LogP contribution in [0.3, 0.4) is 0 Å². The van der Waals surface area contributed by atoms with Crippen LogP contribution in [0.5, 0.6) is 0 Å². The number of hydrogen-bond acceptors (Lipinski definition) is 5. The van der Waals surface area contributed by atoms with Crippen molar-refractivity contribution in [3.63, 3.8) is 0 Å². The maximum atomic E-state index is 11.1. The Kier molecular flexibility index (Phi) is 3.10. The number of nitriles is 1. The lowest BCUT2D eigenvalue weighted by Gasteiger charge is -2.07. The third kappa shape index (κ3) is 2.04. The molecule has 20 heavy (non-hydrogen) atoms. The highest BCUT2D eigenvalue weighted by atomic mass is 16.4. The summed E-state index contributed by atoms with van der Waals surface area (Å²) in [5.41, 5.74) is 5.36. The summed E-state index contributed by atoms with van der Waals surface area (Å²) in [5.74, 6) is -2.68. The highest BCUT2D eigenvalue weighted by Gasteiger charge is 2.18. The van der Waals surface area contributed by atoms with Crippen LogP contribution in [0.25, 0.3) is 5.69 Å². The van der Waals surface area contributed by atoms with Crippen molar-refractivity contribution < 1.29 is 19.8 Å². The van der Waals surface area contributed by atoms with Crippen molar-refractivity contribution >= 4 is 17.8 Å². The SMILES string of the molecule is N#Cc1cnn(-c2ccc(C(=O)O)c(C(=O)O)c2)c1N. The number of carboxylic acids is 2. The summed E-state index contributed by atoms with van der Waals surface area (Å²) < 4.78 is 1.16. The number of aromatic nitrogens is 2. The van der Waals surface area contributed by atoms with Crippen LogP contribution in [0, 0.1) is 11.3 Å². The Hall–Kier alpha value is -3.34. The van der Waals surface area contributed by atoms with E-state index in [1.165, 1.54) is 12.3 Å². The van der Waals surface area contributed by atoms with Gasteiger partial charge in [0.1, 0.15) is 17.5 Å². The van der Waals surface area contributed by atoms with E-state index in [9.17, 15) is 9.59 Å². The molecule has 1 heterocycles. The minimum atomic E-state index is -1.38. The molecule has 0 aliphatic heterocycles. The molecular weight excluding hydrogens is 264 g/mol. The second-order valence-corrected chi connectivity index (χ2v) is 3.81. The van der Waals surface area contributed by atoms with E-state index in [-0.39, 0.29) is 28.2 Å². The summed E-state index contributed by atoms with van der Waals surface area (Å²) in [6, 6.07) is 5.48. The molecule has 0 saturated heterocycles. The summed E-state index contributed by atoms with van der Waals surface area (Å²) in [4.78, 5) is 22.0. The standard InChI is InChI=1S/C12H8N4O4/c13-4-6-5-15-16(10(6)14)7-1-2-8(11(17)18)9(3-7)12(19)20/h1-3,5H,14H2,(H,17,18)(H,19,20). The van der Waals surface area contributed by atoms with E-state index < -0.39 is 11.9 Å². The maximum Gasteiger partial charge on any atom is 0.336 e. The van der Waals surface area contributed by atoms with Gasteiger partial charge in [-0.15, -0.1) is 0 Å². The molecule has 0 radical (unpaired) electrons. The average molecular weight is 272 g/mol. The van der Waals surface area contributed by atoms with Gasteiger partial charge in [0, 0.05) is 0 Å². The van der Waals surface area contributed by atoms with Crippen molar-refractivity contribution in [2.75, 3.05) is 5.73 Å². The number of nitrogen functional groups attached to an aromatic ring is 1. The van der Waals surface area contributed by atoms with Gasteiger partial charge >= 0.3 is 11.9 Å². The molecule has 0 saturated carbocycles. The minimum Gasteiger partial charge on any atom is -0.478 e. The zero-order valence-electron chi connectivity index (χ0n) is 9.94. The van der Waals surface area contributed by atoms with Crippen LogP contribution in [0.4, 0.5) is 5.82 Å². The fourth-order valence-corrected chi connectivity index (χ4v) is 1.68. The molecule has 0 spiro atoms. The van der Waals surface area contributed by atoms with Gasteiger partial charge < -0.3 is 15.9 Å². The molecule has 1 aromatic carbocycles. The Morgan fingerprint density at radius 1 is 1.25 bits per heavy atom. The summed E-state index contributed by atoms with van der Waals surface area (Å²) in [6.07, 6.45) is 1.24. The van der Waals surface area contributed by atoms with Crippen molar-refractivity contribution in [2.24, 2.45) is 0 Å². The molecule has 0 amide bonds. The Labute approximate surface area is 112 Å². The number of carbonyl (C=O) groups is 2. The molecule has 0 aliphatic rings. The van der Waals surface area contributed by atoms with Gasteiger partial charge in [-0.2, -0.15) is 10.4 Å². The fraction of sp³-hybridized carbons (Fsp3) is 0. The van der Waals surface area contributed by atoms with Gasteiger partial charge in [0.15, 0.2) is 0 Å². The van der Waals surface area contributed by atoms with Crippen molar-refractivity contribution in [1.82, 2.24) is 9.78 Å². The van der Waals surface area contributed by atoms with E-state index in [0.29, 0.717) is 0 Å². The average Bonchev–Trinajstić information content (AvgIpc) is 2.78. The van der Waals surface area contributed by atoms with E-state index in [0.717, 1.165) is 16.8 Å². The van der Waals surface area contributed by atoms with E-state index in [2.05, 4.69) is 5.10 Å². The summed E-state index contributed by atoms with van der Waals surface area (Å²) in [7, 11) is 0. The maximum absolute atomic E-state index is 11.1. The molecule has 8 nitrogen and oxygen atoms in total. The molecular formula is C12H8N4O4. The number of benzene rings is 1. The summed E-state index contributed by atoms with van der Waals surface area (Å²) in [6.45, 7) is 0. The first-order chi connectivity index (χ1) is 9.45. The third-order valence-corrected chi connectivity index (χ3v) is 2.64. The number of carboxylic acid groups (broad SMARTS) is 2. The van der Waals surface area contributed by atoms with Crippen LogP contribution in [0.1, 0.15) is 26.3 Å². The van der Waals surface area contributed by atoms with E-state index in [1.54, 1.807) is 0 Å². The van der Waals surface area contributed by atoms with Gasteiger partial charge in [-0.25, -0.2) is 14.3 Å². The number of nitrogens with zero attached hydrogens (tertiary/aromatic N) is 3. The fourth-order valence-electron chi connectivity index (χ4n) is 1.68. The first-order valence-corrected chi connectivity index (χ1v) is 5.30. The van der Waals surface area contributed by atoms with E-state index >= 15 is 0 Å². The summed E-state index contributed by atoms with van der Waals surface area (Å²) in [5, 5.41) is 30.6. The third-order valence-electron chi connectivity index (χ3n) is 2.64. The van der Waals surface area contributed by atoms with E-state index in [1.807, 2.05) is 6.07 Å². The van der Waals surface area contributed by atoms with Gasteiger partial charge in [0.2, 0.25) is 0 Å². The van der Waals surface area contributed by atoms with Gasteiger partial charge in [0.05, 0.1) is 23.0 Å². The number of anilines is 1. The van der Waals surface area contributed by atoms with Gasteiger partial charge in [-0.05, 0) is 18.2 Å². The van der Waals surface area contributed by atoms with Crippen molar-refractivity contribution in [1.29, 1.82) is 5.26 Å². The number of hydrogen-bond donors (Lipinski definition) is 3. The number of aromatic carboxylic acids is 2. The predicted molar refractivity (Wildman–Crippen MR) is 66.6 cm³/mol. The van der Waals surface area contributed by atoms with Crippen LogP contribution >= 0.6 is 0 Å². The second-order valence-electron chi connectivity index (χ2n) is 3.81. The number of rotatable bonds is 3. The number of nitrogens with two attached hydrogens (primary N) is 1. The molecule has 0 atom stereocenters. The van der Waals surface area contributed by atoms with Gasteiger partial charge in [-0.1, -0.05) is 0 Å². The highest BCUT2D eigenvalue weighted by Crippen LogP contribution is 2.20. The van der Waals surface area contributed by atoms with Gasteiger partial charge in [-0.3, -0.25) is 0 Å². The smallest absolute Gasteiger partial charge is 0.336 e. The minimum absolute atomic E-state index is 0.0481. The second kappa shape index (κ2) is 4.74. The molecule has 8 heteroatoms. The lowest BCUT2D eigenvalue weighted by atomic mass is 10.1. The molecule has 1 aromatic heterocycles. The highest BCUT2D eigenvalue weighted by molar-refractivity contribution is 6.02. The molecule has 0 fully saturated rings. The largest absolute Gasteiger partial charge is 0.478 e. The lowest BCUT2D eigenvalue weighted by Crippen LogP contribution is -2.10. The van der Waals surface area contributed by atoms with Crippen LogP contribution < -0.4 is 5.73 Å². The Morgan fingerprint density at radius 2 is 1.90 bits per heavy atom. The van der Waals surface area contributed by atoms with Crippen LogP contribution in [0.15, 0.2) is 24.4 Å². The first-order valence-electron chi connectivity index (χ1n) is 5.30. The van der Waals surface area contributed by atoms with Gasteiger partial charge in [0.25, 0.3) is 0 Å². The Morgan fingerprint density at radius 3 is 2.40 bits per heavy atom. The summed E-state index contributed by atoms with van der Waals surface area (Å²) >= 11 is 0. The van der Waals surface area contributed by atoms with Crippen molar-refractivity contribution in [3.05, 3.63) is 41.1 Å². The van der Waals surface area contributed by atoms with Crippen molar-refractivity contribution in [3.8, 4) is 11.8 Å². The van der Waals surface area contributed by atoms with E-state index in [4.69, 9.17) is 21.2 Å². The van der Waals surface area contributed by atoms with Crippen LogP contribution in [-0.2, 0) is 0 Å². The normalized spacial score (nSPS) is 9.95. The Bertz CT molecular complexity index is 757. The molecule has 4 N–H and O–H groups in total. The van der Waals surface area contributed by atoms with Crippen LogP contribution in [0.2, 0.25) is 0 Å². The molecule has 100 valence electrons. The monoisotopic (exact) mass is 272 g/mol. The molecule has 2 aromatic rings. The molecule has 2 rings (SSSR count). The van der Waals surface area contributed by atoms with Crippen molar-refractivity contribution in [2.45, 2.75) is 0 Å². The quantitative estimate of drug-likeness (QED) is 0.747. The first kappa shape index (κ1) is 13.1. The predicted octanol–water partition coefficient (Wildman–Crippen LogP) is 0.723. The molecule has 0 unspecified atom stereocenters. The zero-order chi connectivity index (χ0) is 14.9. The molecule has 0 aliphatic carbocycles. The van der Waals surface area contributed by atoms with Crippen LogP contribution in [-0.4, -0.2) is 31.9 Å².